The third kappa shape index (κ3) is 5.33. The van der Waals surface area contributed by atoms with Gasteiger partial charge in [0.1, 0.15) is 24.2 Å². The molecule has 200 valence electrons. The first kappa shape index (κ1) is 26.3. The molecule has 2 atom stereocenters. The largest absolute Gasteiger partial charge is 0.490 e. The Balaban J connectivity index is 1.71. The van der Waals surface area contributed by atoms with Crippen LogP contribution < -0.4 is 10.1 Å². The summed E-state index contributed by atoms with van der Waals surface area (Å²) in [7, 11) is 1.94. The molecule has 0 aliphatic carbocycles. The van der Waals surface area contributed by atoms with E-state index in [-0.39, 0.29) is 24.6 Å². The van der Waals surface area contributed by atoms with Crippen LogP contribution in [-0.2, 0) is 11.8 Å². The number of nitriles is 1. The molecule has 2 unspecified atom stereocenters. The van der Waals surface area contributed by atoms with Gasteiger partial charge < -0.3 is 19.5 Å². The highest BCUT2D eigenvalue weighted by Gasteiger charge is 2.45. The third-order valence-electron chi connectivity index (χ3n) is 6.70. The zero-order chi connectivity index (χ0) is 27.7. The molecule has 2 aliphatic heterocycles. The fraction of sp³-hybridized carbons (Fsp3) is 0.310. The van der Waals surface area contributed by atoms with Crippen LogP contribution in [0.25, 0.3) is 0 Å². The Morgan fingerprint density at radius 3 is 2.59 bits per heavy atom. The number of amidine groups is 1. The van der Waals surface area contributed by atoms with Crippen LogP contribution in [-0.4, -0.2) is 57.9 Å². The molecule has 2 aromatic carbocycles. The molecular weight excluding hydrogens is 516 g/mol. The van der Waals surface area contributed by atoms with Gasteiger partial charge in [0, 0.05) is 37.6 Å². The van der Waals surface area contributed by atoms with E-state index in [0.717, 1.165) is 11.1 Å². The van der Waals surface area contributed by atoms with E-state index in [4.69, 9.17) is 21.3 Å². The lowest BCUT2D eigenvalue weighted by molar-refractivity contribution is -0.123. The Morgan fingerprint density at radius 2 is 1.95 bits per heavy atom. The molecule has 3 heterocycles. The van der Waals surface area contributed by atoms with Crippen molar-refractivity contribution >= 4 is 29.4 Å². The van der Waals surface area contributed by atoms with Gasteiger partial charge in [0.25, 0.3) is 0 Å². The number of carbonyl (C=O) groups excluding carboxylic acids is 2. The van der Waals surface area contributed by atoms with Crippen LogP contribution in [0.1, 0.15) is 48.2 Å². The lowest BCUT2D eigenvalue weighted by Gasteiger charge is -2.35. The SMILES string of the molecule is CC(C)Oc1cc(C#N)ccc1C1=NC(c2ccn(C)c2)C(c2ccc(Cl)cc2)N1C(=O)N1CCNC(=O)C1. The number of aromatic nitrogens is 1. The van der Waals surface area contributed by atoms with Crippen LogP contribution in [0, 0.1) is 11.3 Å². The van der Waals surface area contributed by atoms with Gasteiger partial charge >= 0.3 is 6.03 Å². The molecule has 1 N–H and O–H groups in total. The number of ether oxygens (including phenoxy) is 1. The van der Waals surface area contributed by atoms with E-state index in [9.17, 15) is 14.9 Å². The van der Waals surface area contributed by atoms with Crippen molar-refractivity contribution in [3.63, 3.8) is 0 Å². The number of nitrogens with one attached hydrogen (secondary N) is 1. The smallest absolute Gasteiger partial charge is 0.326 e. The second kappa shape index (κ2) is 10.8. The first-order valence-corrected chi connectivity index (χ1v) is 13.1. The summed E-state index contributed by atoms with van der Waals surface area (Å²) in [5.74, 6) is 0.664. The highest BCUT2D eigenvalue weighted by molar-refractivity contribution is 6.30. The topological polar surface area (TPSA) is 103 Å². The van der Waals surface area contributed by atoms with Crippen molar-refractivity contribution in [1.82, 2.24) is 19.7 Å². The monoisotopic (exact) mass is 544 g/mol. The summed E-state index contributed by atoms with van der Waals surface area (Å²) in [6.45, 7) is 4.50. The number of benzene rings is 2. The Bertz CT molecular complexity index is 1470. The number of piperazine rings is 1. The van der Waals surface area contributed by atoms with Gasteiger partial charge in [-0.15, -0.1) is 0 Å². The number of halogens is 1. The molecule has 0 spiro atoms. The molecule has 0 radical (unpaired) electrons. The van der Waals surface area contributed by atoms with E-state index in [1.807, 2.05) is 56.1 Å². The maximum absolute atomic E-state index is 14.3. The van der Waals surface area contributed by atoms with Gasteiger partial charge in [0.2, 0.25) is 5.91 Å². The number of urea groups is 1. The van der Waals surface area contributed by atoms with E-state index >= 15 is 0 Å². The molecule has 0 saturated carbocycles. The van der Waals surface area contributed by atoms with Crippen LogP contribution in [0.5, 0.6) is 5.75 Å². The van der Waals surface area contributed by atoms with Crippen molar-refractivity contribution in [3.05, 3.63) is 88.2 Å². The molecule has 10 heteroatoms. The predicted octanol–water partition coefficient (Wildman–Crippen LogP) is 4.43. The molecule has 9 nitrogen and oxygen atoms in total. The van der Waals surface area contributed by atoms with Crippen LogP contribution in [0.4, 0.5) is 4.79 Å². The van der Waals surface area contributed by atoms with Crippen molar-refractivity contribution in [2.45, 2.75) is 32.0 Å². The van der Waals surface area contributed by atoms with E-state index < -0.39 is 12.1 Å². The first-order chi connectivity index (χ1) is 18.7. The molecule has 1 fully saturated rings. The van der Waals surface area contributed by atoms with Crippen molar-refractivity contribution in [2.75, 3.05) is 19.6 Å². The van der Waals surface area contributed by atoms with E-state index in [0.29, 0.717) is 40.8 Å². The Labute approximate surface area is 232 Å². The van der Waals surface area contributed by atoms with Crippen LogP contribution >= 0.6 is 11.6 Å². The lowest BCUT2D eigenvalue weighted by atomic mass is 9.95. The van der Waals surface area contributed by atoms with Crippen molar-refractivity contribution < 1.29 is 14.3 Å². The first-order valence-electron chi connectivity index (χ1n) is 12.8. The van der Waals surface area contributed by atoms with E-state index in [1.165, 1.54) is 4.90 Å². The summed E-state index contributed by atoms with van der Waals surface area (Å²) in [5, 5.41) is 12.9. The molecule has 0 bridgehead atoms. The summed E-state index contributed by atoms with van der Waals surface area (Å²) < 4.78 is 8.07. The quantitative estimate of drug-likeness (QED) is 0.513. The minimum Gasteiger partial charge on any atom is -0.490 e. The maximum atomic E-state index is 14.3. The Morgan fingerprint density at radius 1 is 1.18 bits per heavy atom. The number of hydrogen-bond acceptors (Lipinski definition) is 5. The van der Waals surface area contributed by atoms with Gasteiger partial charge in [0.15, 0.2) is 0 Å². The number of hydrogen-bond donors (Lipinski definition) is 1. The number of nitrogens with zero attached hydrogens (tertiary/aromatic N) is 5. The maximum Gasteiger partial charge on any atom is 0.326 e. The fourth-order valence-corrected chi connectivity index (χ4v) is 5.10. The van der Waals surface area contributed by atoms with Gasteiger partial charge in [-0.25, -0.2) is 4.79 Å². The molecule has 2 aliphatic rings. The van der Waals surface area contributed by atoms with Crippen LogP contribution in [0.15, 0.2) is 65.9 Å². The highest BCUT2D eigenvalue weighted by Crippen LogP contribution is 2.45. The van der Waals surface area contributed by atoms with Gasteiger partial charge in [-0.1, -0.05) is 23.7 Å². The summed E-state index contributed by atoms with van der Waals surface area (Å²) in [4.78, 5) is 34.9. The highest BCUT2D eigenvalue weighted by atomic mass is 35.5. The number of rotatable bonds is 5. The Hall–Kier alpha value is -4.29. The van der Waals surface area contributed by atoms with Gasteiger partial charge in [0.05, 0.1) is 29.3 Å². The molecular formula is C29H29ClN6O3. The third-order valence-corrected chi connectivity index (χ3v) is 6.96. The lowest BCUT2D eigenvalue weighted by Crippen LogP contribution is -2.55. The minimum atomic E-state index is -0.514. The number of carbonyl (C=O) groups is 2. The second-order valence-corrected chi connectivity index (χ2v) is 10.4. The normalized spacial score (nSPS) is 19.1. The predicted molar refractivity (Wildman–Crippen MR) is 148 cm³/mol. The summed E-state index contributed by atoms with van der Waals surface area (Å²) >= 11 is 6.23. The zero-order valence-corrected chi connectivity index (χ0v) is 22.7. The number of aliphatic imine (C=N–C) groups is 1. The second-order valence-electron chi connectivity index (χ2n) is 9.92. The fourth-order valence-electron chi connectivity index (χ4n) is 4.98. The van der Waals surface area contributed by atoms with Gasteiger partial charge in [-0.05, 0) is 61.4 Å². The average Bonchev–Trinajstić information content (AvgIpc) is 3.52. The Kier molecular flexibility index (Phi) is 7.31. The molecule has 3 aromatic rings. The number of aryl methyl sites for hydroxylation is 1. The van der Waals surface area contributed by atoms with Gasteiger partial charge in [-0.3, -0.25) is 14.7 Å². The summed E-state index contributed by atoms with van der Waals surface area (Å²) in [6.07, 6.45) is 3.76. The van der Waals surface area contributed by atoms with Crippen molar-refractivity contribution in [2.24, 2.45) is 12.0 Å². The molecule has 3 amide bonds. The standard InChI is InChI=1S/C29H29ClN6O3/c1-18(2)39-24-14-19(15-31)4-9-23(24)28-33-26(21-10-12-34(3)16-21)27(20-5-7-22(30)8-6-20)36(28)29(38)35-13-11-32-25(37)17-35/h4-10,12,14,16,18,26-27H,11,13,17H2,1-3H3,(H,32,37). The van der Waals surface area contributed by atoms with Gasteiger partial charge in [-0.2, -0.15) is 5.26 Å². The van der Waals surface area contributed by atoms with Crippen molar-refractivity contribution in [3.8, 4) is 11.8 Å². The zero-order valence-electron chi connectivity index (χ0n) is 22.0. The minimum absolute atomic E-state index is 0.0469. The molecule has 1 aromatic heterocycles. The van der Waals surface area contributed by atoms with Crippen LogP contribution in [0.3, 0.4) is 0 Å². The summed E-state index contributed by atoms with van der Waals surface area (Å²) in [5.41, 5.74) is 2.81. The molecule has 5 rings (SSSR count). The van der Waals surface area contributed by atoms with Crippen molar-refractivity contribution in [1.29, 1.82) is 5.26 Å². The number of amides is 3. The van der Waals surface area contributed by atoms with Crippen LogP contribution in [0.2, 0.25) is 5.02 Å². The average molecular weight is 545 g/mol. The molecule has 39 heavy (non-hydrogen) atoms. The summed E-state index contributed by atoms with van der Waals surface area (Å²) in [6, 6.07) is 15.4. The molecule has 1 saturated heterocycles. The van der Waals surface area contributed by atoms with E-state index in [2.05, 4.69) is 11.4 Å². The van der Waals surface area contributed by atoms with E-state index in [1.54, 1.807) is 35.2 Å².